The summed E-state index contributed by atoms with van der Waals surface area (Å²) in [6, 6.07) is 6.07. The van der Waals surface area contributed by atoms with Crippen molar-refractivity contribution in [3.05, 3.63) is 56.4 Å². The van der Waals surface area contributed by atoms with Gasteiger partial charge in [-0.05, 0) is 63.0 Å². The molecule has 2 saturated heterocycles. The van der Waals surface area contributed by atoms with E-state index in [4.69, 9.17) is 43.6 Å². The van der Waals surface area contributed by atoms with Crippen LogP contribution in [0.4, 0.5) is 0 Å². The van der Waals surface area contributed by atoms with Gasteiger partial charge in [-0.1, -0.05) is 74.6 Å². The van der Waals surface area contributed by atoms with Crippen LogP contribution in [0.3, 0.4) is 0 Å². The quantitative estimate of drug-likeness (QED) is 0.157. The Morgan fingerprint density at radius 1 is 0.694 bits per heavy atom. The standard InChI is InChI=1S/C32H43N5O8S4/c1-3-5-19-44-36-23(27(38)34-15-21-48-31(34)46)9-11-25(29(36)40)42-17-7-13-33-14-8-18-43-26-12-10-24(28(39)35-16-22-49-32(35)47)37(30(26)41)45-20-6-4-2/h9-12,33H,3-8,13-22H2,1-2H3. The van der Waals surface area contributed by atoms with Gasteiger partial charge in [-0.15, -0.1) is 9.46 Å². The van der Waals surface area contributed by atoms with Crippen molar-refractivity contribution in [1.82, 2.24) is 24.6 Å². The number of hydrogen-bond donors (Lipinski definition) is 1. The van der Waals surface area contributed by atoms with E-state index in [1.165, 1.54) is 57.6 Å². The molecule has 2 aliphatic heterocycles. The number of nitrogens with zero attached hydrogens (tertiary/aromatic N) is 4. The highest BCUT2D eigenvalue weighted by atomic mass is 32.2. The number of thiocarbonyl (C=S) groups is 2. The van der Waals surface area contributed by atoms with Crippen LogP contribution >= 0.6 is 48.0 Å². The van der Waals surface area contributed by atoms with Gasteiger partial charge in [0.05, 0.1) is 13.2 Å². The molecule has 0 aliphatic carbocycles. The molecule has 2 fully saturated rings. The zero-order valence-corrected chi connectivity index (χ0v) is 31.1. The van der Waals surface area contributed by atoms with Gasteiger partial charge in [-0.3, -0.25) is 29.0 Å². The highest BCUT2D eigenvalue weighted by molar-refractivity contribution is 8.23. The molecule has 0 radical (unpaired) electrons. The van der Waals surface area contributed by atoms with Crippen LogP contribution in [0.25, 0.3) is 0 Å². The number of carbonyl (C=O) groups excluding carboxylic acids is 2. The Balaban J connectivity index is 1.23. The van der Waals surface area contributed by atoms with E-state index in [1.807, 2.05) is 13.8 Å². The van der Waals surface area contributed by atoms with Crippen molar-refractivity contribution >= 4 is 68.4 Å². The molecular weight excluding hydrogens is 711 g/mol. The van der Waals surface area contributed by atoms with Gasteiger partial charge in [-0.25, -0.2) is 0 Å². The van der Waals surface area contributed by atoms with Gasteiger partial charge in [-0.2, -0.15) is 0 Å². The molecule has 0 atom stereocenters. The summed E-state index contributed by atoms with van der Waals surface area (Å²) in [5.41, 5.74) is -0.841. The number of hydrogen-bond acceptors (Lipinski definition) is 13. The third-order valence-corrected chi connectivity index (χ3v) is 10.3. The number of rotatable bonds is 20. The Bertz CT molecular complexity index is 1480. The predicted molar refractivity (Wildman–Crippen MR) is 199 cm³/mol. The van der Waals surface area contributed by atoms with Crippen molar-refractivity contribution in [3.63, 3.8) is 0 Å². The van der Waals surface area contributed by atoms with E-state index < -0.39 is 11.1 Å². The second kappa shape index (κ2) is 19.9. The van der Waals surface area contributed by atoms with Crippen LogP contribution in [0.5, 0.6) is 11.5 Å². The lowest BCUT2D eigenvalue weighted by molar-refractivity contribution is 0.0681. The smallest absolute Gasteiger partial charge is 0.325 e. The van der Waals surface area contributed by atoms with Crippen LogP contribution in [0, 0.1) is 0 Å². The summed E-state index contributed by atoms with van der Waals surface area (Å²) in [6.07, 6.45) is 4.43. The molecule has 49 heavy (non-hydrogen) atoms. The second-order valence-electron chi connectivity index (χ2n) is 11.0. The normalized spacial score (nSPS) is 14.4. The van der Waals surface area contributed by atoms with Crippen LogP contribution in [-0.2, 0) is 0 Å². The molecule has 0 bridgehead atoms. The zero-order valence-electron chi connectivity index (χ0n) is 27.8. The molecule has 17 heteroatoms. The summed E-state index contributed by atoms with van der Waals surface area (Å²) in [4.78, 5) is 67.0. The molecule has 2 aromatic heterocycles. The first-order chi connectivity index (χ1) is 23.8. The third-order valence-electron chi connectivity index (χ3n) is 7.41. The topological polar surface area (TPSA) is 134 Å². The summed E-state index contributed by atoms with van der Waals surface area (Å²) in [5, 5.41) is 3.29. The predicted octanol–water partition coefficient (Wildman–Crippen LogP) is 3.24. The molecule has 2 aromatic rings. The highest BCUT2D eigenvalue weighted by Crippen LogP contribution is 2.22. The minimum absolute atomic E-state index is 0.0962. The molecule has 2 amide bonds. The fraction of sp³-hybridized carbons (Fsp3) is 0.562. The number of thioether (sulfide) groups is 2. The lowest BCUT2D eigenvalue weighted by Crippen LogP contribution is -2.39. The number of nitrogens with one attached hydrogen (secondary N) is 1. The van der Waals surface area contributed by atoms with Gasteiger partial charge < -0.3 is 24.5 Å². The van der Waals surface area contributed by atoms with Crippen LogP contribution in [0.2, 0.25) is 0 Å². The van der Waals surface area contributed by atoms with E-state index in [1.54, 1.807) is 0 Å². The van der Waals surface area contributed by atoms with Gasteiger partial charge in [0.2, 0.25) is 0 Å². The minimum Gasteiger partial charge on any atom is -0.488 e. The number of carbonyl (C=O) groups is 2. The van der Waals surface area contributed by atoms with Gasteiger partial charge in [0, 0.05) is 24.6 Å². The maximum Gasteiger partial charge on any atom is 0.325 e. The van der Waals surface area contributed by atoms with E-state index in [2.05, 4.69) is 5.32 Å². The van der Waals surface area contributed by atoms with Crippen molar-refractivity contribution in [2.45, 2.75) is 52.4 Å². The molecule has 1 N–H and O–H groups in total. The minimum atomic E-state index is -0.532. The van der Waals surface area contributed by atoms with Crippen molar-refractivity contribution < 1.29 is 28.7 Å². The molecule has 268 valence electrons. The number of ether oxygens (including phenoxy) is 2. The van der Waals surface area contributed by atoms with E-state index in [0.717, 1.165) is 46.6 Å². The first-order valence-corrected chi connectivity index (χ1v) is 19.3. The van der Waals surface area contributed by atoms with Crippen LogP contribution in [-0.4, -0.2) is 104 Å². The summed E-state index contributed by atoms with van der Waals surface area (Å²) >= 11 is 13.4. The first-order valence-electron chi connectivity index (χ1n) is 16.5. The molecule has 0 saturated carbocycles. The molecule has 0 spiro atoms. The highest BCUT2D eigenvalue weighted by Gasteiger charge is 2.30. The number of aromatic nitrogens is 2. The molecule has 13 nitrogen and oxygen atoms in total. The van der Waals surface area contributed by atoms with Crippen molar-refractivity contribution in [1.29, 1.82) is 0 Å². The fourth-order valence-corrected chi connectivity index (χ4v) is 7.12. The Kier molecular flexibility index (Phi) is 15.7. The maximum absolute atomic E-state index is 13.2. The maximum atomic E-state index is 13.2. The van der Waals surface area contributed by atoms with E-state index >= 15 is 0 Å². The Morgan fingerprint density at radius 3 is 1.49 bits per heavy atom. The van der Waals surface area contributed by atoms with Crippen molar-refractivity contribution in [2.24, 2.45) is 0 Å². The lowest BCUT2D eigenvalue weighted by atomic mass is 10.3. The Morgan fingerprint density at radius 2 is 1.12 bits per heavy atom. The molecule has 4 rings (SSSR count). The average Bonchev–Trinajstić information content (AvgIpc) is 3.73. The van der Waals surface area contributed by atoms with Gasteiger partial charge in [0.25, 0.3) is 11.8 Å². The lowest BCUT2D eigenvalue weighted by Gasteiger charge is -2.19. The summed E-state index contributed by atoms with van der Waals surface area (Å²) in [6.45, 7) is 7.35. The number of pyridine rings is 2. The van der Waals surface area contributed by atoms with Crippen molar-refractivity contribution in [3.8, 4) is 11.5 Å². The van der Waals surface area contributed by atoms with Crippen LogP contribution < -0.4 is 35.6 Å². The number of unbranched alkanes of at least 4 members (excludes halogenated alkanes) is 2. The van der Waals surface area contributed by atoms with E-state index in [-0.39, 0.29) is 61.1 Å². The van der Waals surface area contributed by atoms with Gasteiger partial charge in [0.1, 0.15) is 33.2 Å². The monoisotopic (exact) mass is 753 g/mol. The number of amides is 2. The van der Waals surface area contributed by atoms with Crippen LogP contribution in [0.15, 0.2) is 33.9 Å². The third kappa shape index (κ3) is 10.4. The second-order valence-corrected chi connectivity index (χ2v) is 14.5. The van der Waals surface area contributed by atoms with Gasteiger partial charge >= 0.3 is 11.1 Å². The van der Waals surface area contributed by atoms with Crippen LogP contribution in [0.1, 0.15) is 73.3 Å². The Labute approximate surface area is 304 Å². The molecule has 0 unspecified atom stereocenters. The van der Waals surface area contributed by atoms with Gasteiger partial charge in [0.15, 0.2) is 11.5 Å². The molecule has 4 heterocycles. The van der Waals surface area contributed by atoms with E-state index in [9.17, 15) is 19.2 Å². The fourth-order valence-electron chi connectivity index (χ4n) is 4.71. The first kappa shape index (κ1) is 38.7. The Hall–Kier alpha value is -3.12. The summed E-state index contributed by atoms with van der Waals surface area (Å²) in [5.74, 6) is 0.883. The molecular formula is C32H43N5O8S4. The summed E-state index contributed by atoms with van der Waals surface area (Å²) < 4.78 is 14.5. The van der Waals surface area contributed by atoms with Crippen molar-refractivity contribution in [2.75, 3.05) is 64.1 Å². The molecule has 2 aliphatic rings. The SMILES string of the molecule is CCCCOn1c(C(=O)N2CCSC2=S)ccc(OCCCNCCCOc2ccc(C(=O)N3CCSC3=S)n(OCCCC)c2=O)c1=O. The average molecular weight is 754 g/mol. The summed E-state index contributed by atoms with van der Waals surface area (Å²) in [7, 11) is 0. The van der Waals surface area contributed by atoms with E-state index in [0.29, 0.717) is 47.7 Å². The largest absolute Gasteiger partial charge is 0.488 e. The zero-order chi connectivity index (χ0) is 35.2. The molecule has 0 aromatic carbocycles.